The first-order valence-corrected chi connectivity index (χ1v) is 13.4. The van der Waals surface area contributed by atoms with Crippen molar-refractivity contribution in [1.82, 2.24) is 20.1 Å². The Balaban J connectivity index is 1.35. The molecule has 3 aromatic rings. The molecule has 1 aliphatic carbocycles. The molecule has 3 aliphatic rings. The molecule has 6 rings (SSSR count). The van der Waals surface area contributed by atoms with Gasteiger partial charge in [0.2, 0.25) is 5.91 Å². The lowest BCUT2D eigenvalue weighted by Crippen LogP contribution is -2.52. The van der Waals surface area contributed by atoms with Crippen LogP contribution in [-0.4, -0.2) is 45.2 Å². The molecule has 1 unspecified atom stereocenters. The molecule has 0 spiro atoms. The number of aromatic nitrogens is 1. The first-order chi connectivity index (χ1) is 17.8. The number of carbonyl (C=O) groups excluding carboxylic acids is 3. The molecule has 1 fully saturated rings. The molecule has 2 aliphatic heterocycles. The summed E-state index contributed by atoms with van der Waals surface area (Å²) in [6.45, 7) is 6.30. The molecule has 3 atom stereocenters. The van der Waals surface area contributed by atoms with E-state index in [-0.39, 0.29) is 29.8 Å². The van der Waals surface area contributed by atoms with Gasteiger partial charge in [-0.25, -0.2) is 9.69 Å². The van der Waals surface area contributed by atoms with Crippen LogP contribution in [0.4, 0.5) is 4.79 Å². The van der Waals surface area contributed by atoms with E-state index in [0.717, 1.165) is 47.0 Å². The topological polar surface area (TPSA) is 85.5 Å². The molecule has 192 valence electrons. The third-order valence-electron chi connectivity index (χ3n) is 8.49. The van der Waals surface area contributed by atoms with Crippen molar-refractivity contribution in [1.29, 1.82) is 0 Å². The molecule has 0 radical (unpaired) electrons. The number of para-hydroxylation sites is 1. The van der Waals surface area contributed by atoms with Crippen LogP contribution in [-0.2, 0) is 28.0 Å². The van der Waals surface area contributed by atoms with Crippen molar-refractivity contribution in [3.63, 3.8) is 0 Å². The van der Waals surface area contributed by atoms with Gasteiger partial charge in [-0.3, -0.25) is 9.59 Å². The van der Waals surface area contributed by atoms with Crippen molar-refractivity contribution >= 4 is 28.7 Å². The van der Waals surface area contributed by atoms with E-state index >= 15 is 0 Å². The zero-order valence-corrected chi connectivity index (χ0v) is 21.7. The van der Waals surface area contributed by atoms with E-state index in [4.69, 9.17) is 0 Å². The molecule has 0 saturated carbocycles. The van der Waals surface area contributed by atoms with Crippen LogP contribution in [0.15, 0.2) is 48.5 Å². The lowest BCUT2D eigenvalue weighted by molar-refractivity contribution is -0.140. The fourth-order valence-electron chi connectivity index (χ4n) is 6.64. The van der Waals surface area contributed by atoms with Crippen LogP contribution in [0, 0.1) is 5.92 Å². The Bertz CT molecular complexity index is 1410. The predicted molar refractivity (Wildman–Crippen MR) is 142 cm³/mol. The van der Waals surface area contributed by atoms with E-state index in [1.807, 2.05) is 51.1 Å². The lowest BCUT2D eigenvalue weighted by atomic mass is 9.86. The van der Waals surface area contributed by atoms with E-state index in [0.29, 0.717) is 19.4 Å². The van der Waals surface area contributed by atoms with Crippen LogP contribution in [0.3, 0.4) is 0 Å². The van der Waals surface area contributed by atoms with Crippen LogP contribution < -0.4 is 5.32 Å². The fraction of sp³-hybridized carbons (Fsp3) is 0.433. The Morgan fingerprint density at radius 2 is 1.86 bits per heavy atom. The van der Waals surface area contributed by atoms with Gasteiger partial charge < -0.3 is 15.2 Å². The van der Waals surface area contributed by atoms with Gasteiger partial charge >= 0.3 is 6.03 Å². The number of aromatic amines is 1. The summed E-state index contributed by atoms with van der Waals surface area (Å²) < 4.78 is 0. The van der Waals surface area contributed by atoms with Crippen molar-refractivity contribution in [3.05, 3.63) is 70.9 Å². The number of amides is 4. The predicted octanol–water partition coefficient (Wildman–Crippen LogP) is 4.81. The average molecular weight is 499 g/mol. The summed E-state index contributed by atoms with van der Waals surface area (Å²) in [4.78, 5) is 48.2. The standard InChI is InChI=1S/C30H34N4O3/c1-18(2)17-25(27(35)32-23-14-8-10-19-9-4-5-11-20(19)23)34-28(36)30(3)26-22(15-16-33(30)29(34)37)21-12-6-7-13-24(21)31-26/h4-7,9,11-13,18,23,25,31H,8,10,14-17H2,1-3H3,(H,32,35)/t23?,25-,30+/m1/s1. The number of rotatable bonds is 5. The fourth-order valence-corrected chi connectivity index (χ4v) is 6.64. The van der Waals surface area contributed by atoms with Crippen LogP contribution in [0.5, 0.6) is 0 Å². The number of H-pyrrole nitrogens is 1. The van der Waals surface area contributed by atoms with Gasteiger partial charge in [0.15, 0.2) is 5.54 Å². The second-order valence-electron chi connectivity index (χ2n) is 11.3. The van der Waals surface area contributed by atoms with E-state index in [1.54, 1.807) is 4.90 Å². The Morgan fingerprint density at radius 1 is 1.11 bits per heavy atom. The lowest BCUT2D eigenvalue weighted by Gasteiger charge is -2.36. The summed E-state index contributed by atoms with van der Waals surface area (Å²) in [5, 5.41) is 4.31. The molecule has 7 nitrogen and oxygen atoms in total. The molecule has 2 aromatic carbocycles. The van der Waals surface area contributed by atoms with E-state index in [2.05, 4.69) is 28.5 Å². The maximum atomic E-state index is 14.2. The number of carbonyl (C=O) groups is 3. The van der Waals surface area contributed by atoms with Gasteiger partial charge in [0.25, 0.3) is 5.91 Å². The SMILES string of the molecule is CC(C)C[C@H](C(=O)NC1CCCc2ccccc21)N1C(=O)N2CCc3c([nH]c4ccccc34)[C@@]2(C)C1=O. The highest BCUT2D eigenvalue weighted by Crippen LogP contribution is 2.45. The largest absolute Gasteiger partial charge is 0.356 e. The number of nitrogens with one attached hydrogen (secondary N) is 2. The van der Waals surface area contributed by atoms with Crippen molar-refractivity contribution in [3.8, 4) is 0 Å². The molecule has 37 heavy (non-hydrogen) atoms. The van der Waals surface area contributed by atoms with E-state index < -0.39 is 11.6 Å². The number of nitrogens with zero attached hydrogens (tertiary/aromatic N) is 2. The molecule has 0 bridgehead atoms. The number of urea groups is 1. The molecule has 4 amide bonds. The molecular formula is C30H34N4O3. The monoisotopic (exact) mass is 498 g/mol. The quantitative estimate of drug-likeness (QED) is 0.495. The molecule has 2 N–H and O–H groups in total. The highest BCUT2D eigenvalue weighted by atomic mass is 16.2. The van der Waals surface area contributed by atoms with Gasteiger partial charge in [0.1, 0.15) is 6.04 Å². The second-order valence-corrected chi connectivity index (χ2v) is 11.3. The number of hydrogen-bond donors (Lipinski definition) is 2. The zero-order valence-electron chi connectivity index (χ0n) is 21.7. The first-order valence-electron chi connectivity index (χ1n) is 13.4. The highest BCUT2D eigenvalue weighted by molar-refractivity contribution is 6.11. The summed E-state index contributed by atoms with van der Waals surface area (Å²) in [5.74, 6) is -0.448. The minimum Gasteiger partial charge on any atom is -0.356 e. The normalized spacial score (nSPS) is 23.7. The first kappa shape index (κ1) is 23.8. The Labute approximate surface area is 217 Å². The van der Waals surface area contributed by atoms with Gasteiger partial charge in [-0.15, -0.1) is 0 Å². The second kappa shape index (κ2) is 8.75. The molecule has 3 heterocycles. The van der Waals surface area contributed by atoms with Gasteiger partial charge in [-0.2, -0.15) is 0 Å². The van der Waals surface area contributed by atoms with Crippen LogP contribution in [0.1, 0.15) is 68.5 Å². The van der Waals surface area contributed by atoms with Crippen LogP contribution in [0.25, 0.3) is 10.9 Å². The van der Waals surface area contributed by atoms with Crippen molar-refractivity contribution in [2.45, 2.75) is 70.5 Å². The van der Waals surface area contributed by atoms with Gasteiger partial charge in [0, 0.05) is 17.4 Å². The summed E-state index contributed by atoms with van der Waals surface area (Å²) in [5.41, 5.74) is 4.05. The van der Waals surface area contributed by atoms with Gasteiger partial charge in [-0.05, 0) is 67.7 Å². The number of benzene rings is 2. The number of hydrogen-bond acceptors (Lipinski definition) is 3. The number of aryl methyl sites for hydroxylation is 1. The van der Waals surface area contributed by atoms with Crippen LogP contribution >= 0.6 is 0 Å². The molecule has 1 saturated heterocycles. The highest BCUT2D eigenvalue weighted by Gasteiger charge is 2.60. The smallest absolute Gasteiger partial charge is 0.328 e. The van der Waals surface area contributed by atoms with Crippen LogP contribution in [0.2, 0.25) is 0 Å². The minimum atomic E-state index is -1.16. The molecule has 1 aromatic heterocycles. The third-order valence-corrected chi connectivity index (χ3v) is 8.49. The Hall–Kier alpha value is -3.61. The summed E-state index contributed by atoms with van der Waals surface area (Å²) in [7, 11) is 0. The minimum absolute atomic E-state index is 0.113. The van der Waals surface area contributed by atoms with E-state index in [9.17, 15) is 14.4 Å². The van der Waals surface area contributed by atoms with Gasteiger partial charge in [-0.1, -0.05) is 56.3 Å². The zero-order chi connectivity index (χ0) is 25.9. The van der Waals surface area contributed by atoms with Gasteiger partial charge in [0.05, 0.1) is 11.7 Å². The van der Waals surface area contributed by atoms with E-state index in [1.165, 1.54) is 10.5 Å². The molecular weight excluding hydrogens is 464 g/mol. The average Bonchev–Trinajstić information content (AvgIpc) is 3.36. The maximum absolute atomic E-state index is 14.2. The number of fused-ring (bicyclic) bond motifs is 6. The van der Waals surface area contributed by atoms with Crippen molar-refractivity contribution in [2.24, 2.45) is 5.92 Å². The summed E-state index contributed by atoms with van der Waals surface area (Å²) >= 11 is 0. The molecule has 7 heteroatoms. The Morgan fingerprint density at radius 3 is 2.68 bits per heavy atom. The summed E-state index contributed by atoms with van der Waals surface area (Å²) in [6.07, 6.45) is 3.93. The van der Waals surface area contributed by atoms with Crippen molar-refractivity contribution < 1.29 is 14.4 Å². The maximum Gasteiger partial charge on any atom is 0.328 e. The summed E-state index contributed by atoms with van der Waals surface area (Å²) in [6, 6.07) is 14.9. The third kappa shape index (κ3) is 3.58. The van der Waals surface area contributed by atoms with Crippen molar-refractivity contribution in [2.75, 3.05) is 6.54 Å². The Kier molecular flexibility index (Phi) is 5.62. The number of imide groups is 1.